The summed E-state index contributed by atoms with van der Waals surface area (Å²) in [6, 6.07) is 0. The van der Waals surface area contributed by atoms with Crippen LogP contribution in [0.15, 0.2) is 38.5 Å². The number of isocyanates is 3. The number of carboxylic acids is 1. The van der Waals surface area contributed by atoms with Gasteiger partial charge in [-0.2, -0.15) is 15.0 Å². The van der Waals surface area contributed by atoms with Gasteiger partial charge in [-0.25, -0.2) is 19.2 Å². The summed E-state index contributed by atoms with van der Waals surface area (Å²) < 4.78 is 0. The number of aliphatic imine (C=N–C) groups is 3. The molecule has 1 rings (SSSR count). The SMILES string of the molecule is O=C=NC1=CC(N=C=O)(C(=O)O)CC(N=C=O)=C1. The molecule has 0 aromatic rings. The first-order valence-electron chi connectivity index (χ1n) is 4.49. The maximum Gasteiger partial charge on any atom is 0.337 e. The number of hydrogen-bond acceptors (Lipinski definition) is 7. The van der Waals surface area contributed by atoms with E-state index in [0.717, 1.165) is 12.2 Å². The van der Waals surface area contributed by atoms with Crippen LogP contribution in [0.3, 0.4) is 0 Å². The minimum absolute atomic E-state index is 0.0251. The predicted octanol–water partition coefficient (Wildman–Crippen LogP) is -0.0113. The lowest BCUT2D eigenvalue weighted by Crippen LogP contribution is -2.36. The summed E-state index contributed by atoms with van der Waals surface area (Å²) in [6.45, 7) is 0. The first kappa shape index (κ1) is 13.2. The third kappa shape index (κ3) is 2.61. The maximum atomic E-state index is 11.1. The molecule has 0 aromatic heterocycles. The van der Waals surface area contributed by atoms with E-state index in [2.05, 4.69) is 15.0 Å². The van der Waals surface area contributed by atoms with Gasteiger partial charge in [0.2, 0.25) is 18.2 Å². The third-order valence-corrected chi connectivity index (χ3v) is 2.13. The highest BCUT2D eigenvalue weighted by atomic mass is 16.4. The molecule has 0 bridgehead atoms. The first-order chi connectivity index (χ1) is 8.57. The second-order valence-electron chi connectivity index (χ2n) is 3.22. The molecule has 0 aliphatic heterocycles. The highest BCUT2D eigenvalue weighted by Crippen LogP contribution is 2.31. The molecule has 18 heavy (non-hydrogen) atoms. The Bertz CT molecular complexity index is 583. The fourth-order valence-corrected chi connectivity index (χ4v) is 1.42. The molecule has 1 atom stereocenters. The minimum Gasteiger partial charge on any atom is -0.479 e. The van der Waals surface area contributed by atoms with Crippen LogP contribution in [0.4, 0.5) is 0 Å². The zero-order chi connectivity index (χ0) is 13.6. The molecule has 0 amide bonds. The van der Waals surface area contributed by atoms with Crippen molar-refractivity contribution in [3.63, 3.8) is 0 Å². The summed E-state index contributed by atoms with van der Waals surface area (Å²) in [6.07, 6.45) is 5.39. The molecular weight excluding hydrogens is 242 g/mol. The Hall–Kier alpha value is -2.91. The molecule has 0 saturated heterocycles. The fourth-order valence-electron chi connectivity index (χ4n) is 1.42. The second-order valence-corrected chi connectivity index (χ2v) is 3.22. The van der Waals surface area contributed by atoms with E-state index in [1.54, 1.807) is 0 Å². The predicted molar refractivity (Wildman–Crippen MR) is 55.5 cm³/mol. The average Bonchev–Trinajstić information content (AvgIpc) is 2.29. The molecule has 1 N–H and O–H groups in total. The Morgan fingerprint density at radius 2 is 1.89 bits per heavy atom. The molecule has 0 aromatic carbocycles. The van der Waals surface area contributed by atoms with Gasteiger partial charge in [0.15, 0.2) is 5.54 Å². The topological polar surface area (TPSA) is 126 Å². The Morgan fingerprint density at radius 3 is 2.39 bits per heavy atom. The number of carbonyl (C=O) groups is 1. The quantitative estimate of drug-likeness (QED) is 0.552. The van der Waals surface area contributed by atoms with Gasteiger partial charge in [0.05, 0.1) is 11.4 Å². The van der Waals surface area contributed by atoms with Gasteiger partial charge < -0.3 is 5.11 Å². The van der Waals surface area contributed by atoms with Crippen LogP contribution in [0.25, 0.3) is 0 Å². The molecule has 0 radical (unpaired) electrons. The van der Waals surface area contributed by atoms with E-state index < -0.39 is 11.5 Å². The second kappa shape index (κ2) is 5.43. The van der Waals surface area contributed by atoms with Crippen LogP contribution in [0.1, 0.15) is 6.42 Å². The van der Waals surface area contributed by atoms with Gasteiger partial charge in [-0.15, -0.1) is 0 Å². The van der Waals surface area contributed by atoms with Gasteiger partial charge >= 0.3 is 5.97 Å². The van der Waals surface area contributed by atoms with Crippen molar-refractivity contribution < 1.29 is 24.3 Å². The van der Waals surface area contributed by atoms with E-state index in [1.165, 1.54) is 18.2 Å². The van der Waals surface area contributed by atoms with Crippen molar-refractivity contribution >= 4 is 24.2 Å². The summed E-state index contributed by atoms with van der Waals surface area (Å²) in [5, 5.41) is 9.07. The van der Waals surface area contributed by atoms with Crippen LogP contribution in [0.2, 0.25) is 0 Å². The van der Waals surface area contributed by atoms with Crippen LogP contribution in [0, 0.1) is 0 Å². The van der Waals surface area contributed by atoms with Crippen LogP contribution in [-0.4, -0.2) is 34.9 Å². The van der Waals surface area contributed by atoms with Crippen molar-refractivity contribution in [3.05, 3.63) is 23.5 Å². The van der Waals surface area contributed by atoms with E-state index in [0.29, 0.717) is 0 Å². The molecular formula is C10H5N3O5. The Labute approximate surface area is 99.8 Å². The summed E-state index contributed by atoms with van der Waals surface area (Å²) in [5.74, 6) is -1.46. The van der Waals surface area contributed by atoms with Gasteiger partial charge in [-0.3, -0.25) is 0 Å². The summed E-state index contributed by atoms with van der Waals surface area (Å²) in [4.78, 5) is 51.4. The molecule has 90 valence electrons. The standard InChI is InChI=1S/C10H5N3O5/c14-4-11-7-1-8(12-5-15)3-10(2-7,9(17)18)13-6-16/h1-2H,3H2,(H,17,18). The van der Waals surface area contributed by atoms with Gasteiger partial charge in [-0.1, -0.05) is 0 Å². The highest BCUT2D eigenvalue weighted by molar-refractivity contribution is 5.84. The number of hydrogen-bond donors (Lipinski definition) is 1. The van der Waals surface area contributed by atoms with Crippen molar-refractivity contribution in [2.75, 3.05) is 0 Å². The molecule has 0 fully saturated rings. The number of carboxylic acid groups (broad SMARTS) is 1. The van der Waals surface area contributed by atoms with E-state index in [-0.39, 0.29) is 17.8 Å². The van der Waals surface area contributed by atoms with Gasteiger partial charge in [0.25, 0.3) is 0 Å². The number of allylic oxidation sites excluding steroid dienone is 1. The zero-order valence-corrected chi connectivity index (χ0v) is 8.78. The largest absolute Gasteiger partial charge is 0.479 e. The molecule has 0 saturated carbocycles. The van der Waals surface area contributed by atoms with Crippen molar-refractivity contribution in [1.82, 2.24) is 0 Å². The average molecular weight is 247 g/mol. The number of aliphatic carboxylic acids is 1. The molecule has 1 aliphatic carbocycles. The molecule has 0 heterocycles. The lowest BCUT2D eigenvalue weighted by Gasteiger charge is -2.22. The van der Waals surface area contributed by atoms with Crippen molar-refractivity contribution in [3.8, 4) is 0 Å². The van der Waals surface area contributed by atoms with Crippen LogP contribution in [-0.2, 0) is 19.2 Å². The van der Waals surface area contributed by atoms with E-state index in [4.69, 9.17) is 5.11 Å². The van der Waals surface area contributed by atoms with E-state index in [1.807, 2.05) is 0 Å². The fraction of sp³-hybridized carbons (Fsp3) is 0.200. The van der Waals surface area contributed by atoms with Crippen molar-refractivity contribution in [1.29, 1.82) is 0 Å². The minimum atomic E-state index is -1.98. The van der Waals surface area contributed by atoms with Crippen LogP contribution in [0.5, 0.6) is 0 Å². The highest BCUT2D eigenvalue weighted by Gasteiger charge is 2.40. The van der Waals surface area contributed by atoms with Crippen LogP contribution < -0.4 is 0 Å². The van der Waals surface area contributed by atoms with Crippen molar-refractivity contribution in [2.45, 2.75) is 12.0 Å². The lowest BCUT2D eigenvalue weighted by molar-refractivity contribution is -0.141. The Kier molecular flexibility index (Phi) is 3.97. The Balaban J connectivity index is 3.44. The maximum absolute atomic E-state index is 11.1. The number of nitrogens with zero attached hydrogens (tertiary/aromatic N) is 3. The summed E-state index contributed by atoms with van der Waals surface area (Å²) in [7, 11) is 0. The number of carbonyl (C=O) groups excluding carboxylic acids is 3. The lowest BCUT2D eigenvalue weighted by atomic mass is 9.89. The summed E-state index contributed by atoms with van der Waals surface area (Å²) >= 11 is 0. The normalized spacial score (nSPS) is 21.3. The van der Waals surface area contributed by atoms with E-state index >= 15 is 0 Å². The smallest absolute Gasteiger partial charge is 0.337 e. The Morgan fingerprint density at radius 1 is 1.22 bits per heavy atom. The monoisotopic (exact) mass is 247 g/mol. The van der Waals surface area contributed by atoms with Crippen molar-refractivity contribution in [2.24, 2.45) is 15.0 Å². The van der Waals surface area contributed by atoms with Gasteiger partial charge in [0.1, 0.15) is 0 Å². The molecule has 1 unspecified atom stereocenters. The summed E-state index contributed by atoms with van der Waals surface area (Å²) in [5.41, 5.74) is -2.13. The number of rotatable bonds is 4. The van der Waals surface area contributed by atoms with Gasteiger partial charge in [0, 0.05) is 6.42 Å². The zero-order valence-electron chi connectivity index (χ0n) is 8.78. The molecule has 8 heteroatoms. The van der Waals surface area contributed by atoms with Gasteiger partial charge in [-0.05, 0) is 12.2 Å². The van der Waals surface area contributed by atoms with Crippen LogP contribution >= 0.6 is 0 Å². The van der Waals surface area contributed by atoms with E-state index in [9.17, 15) is 19.2 Å². The first-order valence-corrected chi connectivity index (χ1v) is 4.49. The molecule has 0 spiro atoms. The third-order valence-electron chi connectivity index (χ3n) is 2.13. The molecule has 8 nitrogen and oxygen atoms in total. The molecule has 1 aliphatic rings.